The predicted octanol–water partition coefficient (Wildman–Crippen LogP) is 3.75. The lowest BCUT2D eigenvalue weighted by Crippen LogP contribution is -2.30. The lowest BCUT2D eigenvalue weighted by molar-refractivity contribution is -0.481. The highest BCUT2D eigenvalue weighted by Crippen LogP contribution is 2.30. The fourth-order valence-corrected chi connectivity index (χ4v) is 3.89. The van der Waals surface area contributed by atoms with Gasteiger partial charge in [0.05, 0.1) is 11.6 Å². The Kier molecular flexibility index (Phi) is 4.63. The number of fused-ring (bicyclic) bond motifs is 1. The highest BCUT2D eigenvalue weighted by atomic mass is 16.6. The highest BCUT2D eigenvalue weighted by molar-refractivity contribution is 5.67. The van der Waals surface area contributed by atoms with Gasteiger partial charge in [0.15, 0.2) is 0 Å². The maximum absolute atomic E-state index is 11.5. The molecule has 0 bridgehead atoms. The van der Waals surface area contributed by atoms with Crippen LogP contribution >= 0.6 is 0 Å². The van der Waals surface area contributed by atoms with Crippen molar-refractivity contribution < 1.29 is 4.92 Å². The molecule has 0 radical (unpaired) electrons. The Hall–Kier alpha value is -3.14. The van der Waals surface area contributed by atoms with Gasteiger partial charge in [0.2, 0.25) is 6.54 Å². The number of hydrogen-bond donors (Lipinski definition) is 1. The number of H-pyrrole nitrogens is 1. The van der Waals surface area contributed by atoms with Crippen molar-refractivity contribution in [1.29, 1.82) is 0 Å². The van der Waals surface area contributed by atoms with Gasteiger partial charge in [-0.15, -0.1) is 0 Å². The van der Waals surface area contributed by atoms with Crippen LogP contribution in [0.4, 0.5) is 0 Å². The fourth-order valence-electron chi connectivity index (χ4n) is 3.89. The molecule has 1 aliphatic rings. The van der Waals surface area contributed by atoms with Crippen LogP contribution < -0.4 is 10.6 Å². The summed E-state index contributed by atoms with van der Waals surface area (Å²) in [5.41, 5.74) is 5.26. The van der Waals surface area contributed by atoms with Gasteiger partial charge in [-0.3, -0.25) is 10.1 Å². The second kappa shape index (κ2) is 7.23. The van der Waals surface area contributed by atoms with Gasteiger partial charge in [-0.2, -0.15) is 0 Å². The average Bonchev–Trinajstić information content (AvgIpc) is 3.06. The van der Waals surface area contributed by atoms with E-state index >= 15 is 0 Å². The van der Waals surface area contributed by atoms with Crippen LogP contribution in [0.5, 0.6) is 0 Å². The maximum Gasteiger partial charge on any atom is 0.214 e. The van der Waals surface area contributed by atoms with E-state index in [-0.39, 0.29) is 17.4 Å². The van der Waals surface area contributed by atoms with Crippen LogP contribution in [0.25, 0.3) is 23.4 Å². The van der Waals surface area contributed by atoms with E-state index in [1.807, 2.05) is 30.3 Å². The summed E-state index contributed by atoms with van der Waals surface area (Å²) < 4.78 is 0. The topological polar surface area (TPSA) is 58.9 Å². The Labute approximate surface area is 158 Å². The number of aromatic nitrogens is 1. The molecular weight excluding hydrogens is 336 g/mol. The van der Waals surface area contributed by atoms with E-state index < -0.39 is 0 Å². The third kappa shape index (κ3) is 3.43. The second-order valence-electron chi connectivity index (χ2n) is 7.07. The Balaban J connectivity index is 1.98. The number of nitrogens with zero attached hydrogens (tertiary/aromatic N) is 1. The van der Waals surface area contributed by atoms with Crippen molar-refractivity contribution in [2.75, 3.05) is 6.54 Å². The smallest absolute Gasteiger partial charge is 0.214 e. The summed E-state index contributed by atoms with van der Waals surface area (Å²) in [4.78, 5) is 14.9. The number of nitrogens with one attached hydrogen (secondary N) is 1. The van der Waals surface area contributed by atoms with Gasteiger partial charge in [-0.25, -0.2) is 0 Å². The Morgan fingerprint density at radius 2 is 1.74 bits per heavy atom. The number of aromatic amines is 1. The van der Waals surface area contributed by atoms with Crippen molar-refractivity contribution in [3.8, 4) is 11.3 Å². The molecule has 1 heterocycles. The largest absolute Gasteiger partial charge is 0.355 e. The van der Waals surface area contributed by atoms with Crippen molar-refractivity contribution in [1.82, 2.24) is 4.98 Å². The molecule has 0 aliphatic heterocycles. The number of aryl methyl sites for hydroxylation is 1. The molecule has 4 heteroatoms. The zero-order valence-corrected chi connectivity index (χ0v) is 15.3. The molecule has 1 N–H and O–H groups in total. The molecule has 1 aromatic heterocycles. The molecule has 0 spiro atoms. The molecule has 4 nitrogen and oxygen atoms in total. The monoisotopic (exact) mass is 358 g/mol. The zero-order valence-electron chi connectivity index (χ0n) is 15.3. The van der Waals surface area contributed by atoms with Crippen LogP contribution in [0.1, 0.15) is 35.4 Å². The third-order valence-corrected chi connectivity index (χ3v) is 5.20. The zero-order chi connectivity index (χ0) is 18.8. The van der Waals surface area contributed by atoms with E-state index in [2.05, 4.69) is 48.3 Å². The lowest BCUT2D eigenvalue weighted by atomic mass is 9.87. The molecule has 2 aromatic carbocycles. The van der Waals surface area contributed by atoms with Crippen molar-refractivity contribution in [2.45, 2.75) is 25.7 Å². The Morgan fingerprint density at radius 3 is 2.44 bits per heavy atom. The molecule has 1 atom stereocenters. The normalized spacial score (nSPS) is 14.0. The molecule has 136 valence electrons. The summed E-state index contributed by atoms with van der Waals surface area (Å²) in [6, 6.07) is 18.1. The van der Waals surface area contributed by atoms with Crippen LogP contribution in [0.3, 0.4) is 0 Å². The van der Waals surface area contributed by atoms with E-state index in [4.69, 9.17) is 0 Å². The van der Waals surface area contributed by atoms with Gasteiger partial charge >= 0.3 is 0 Å². The molecule has 1 aliphatic carbocycles. The summed E-state index contributed by atoms with van der Waals surface area (Å²) >= 11 is 0. The number of nitro groups is 1. The first-order valence-electron chi connectivity index (χ1n) is 9.29. The molecule has 0 amide bonds. The quantitative estimate of drug-likeness (QED) is 0.558. The van der Waals surface area contributed by atoms with Gasteiger partial charge in [-0.1, -0.05) is 72.3 Å². The lowest BCUT2D eigenvalue weighted by Gasteiger charge is -2.16. The summed E-state index contributed by atoms with van der Waals surface area (Å²) in [7, 11) is 0. The number of hydrogen-bond acceptors (Lipinski definition) is 2. The van der Waals surface area contributed by atoms with E-state index in [0.29, 0.717) is 0 Å². The molecule has 0 saturated heterocycles. The summed E-state index contributed by atoms with van der Waals surface area (Å²) in [5.74, 6) is -0.291. The van der Waals surface area contributed by atoms with Gasteiger partial charge in [0.25, 0.3) is 0 Å². The van der Waals surface area contributed by atoms with Crippen molar-refractivity contribution in [3.05, 3.63) is 92.0 Å². The van der Waals surface area contributed by atoms with Gasteiger partial charge in [0.1, 0.15) is 0 Å². The first kappa shape index (κ1) is 17.3. The standard InChI is InChI=1S/C23H22N2O2/c1-16-11-13-18(14-12-16)23-22(19-9-5-6-10-21(19)24-23)20(15-25(26)27)17-7-3-2-4-8-17/h2-4,7-14,20,24H,5-6,15H2,1H3. The summed E-state index contributed by atoms with van der Waals surface area (Å²) in [6.45, 7) is 1.94. The molecule has 27 heavy (non-hydrogen) atoms. The van der Waals surface area contributed by atoms with Crippen molar-refractivity contribution in [2.24, 2.45) is 0 Å². The molecule has 0 fully saturated rings. The maximum atomic E-state index is 11.5. The molecule has 3 aromatic rings. The molecule has 4 rings (SSSR count). The van der Waals surface area contributed by atoms with Gasteiger partial charge in [-0.05, 0) is 41.7 Å². The van der Waals surface area contributed by atoms with Crippen molar-refractivity contribution >= 4 is 12.2 Å². The first-order valence-corrected chi connectivity index (χ1v) is 9.29. The molecule has 0 saturated carbocycles. The van der Waals surface area contributed by atoms with Gasteiger partial charge in [0, 0.05) is 10.3 Å². The second-order valence-corrected chi connectivity index (χ2v) is 7.07. The molecule has 1 unspecified atom stereocenters. The SMILES string of the molecule is Cc1ccc(-c2[nH]c3c(c2C(C[N+](=O)[O-])c2ccccc2)=CCCC=3)cc1. The average molecular weight is 358 g/mol. The van der Waals surface area contributed by atoms with Crippen LogP contribution in [-0.2, 0) is 0 Å². The van der Waals surface area contributed by atoms with Gasteiger partial charge < -0.3 is 4.98 Å². The van der Waals surface area contributed by atoms with Crippen LogP contribution in [0.2, 0.25) is 0 Å². The van der Waals surface area contributed by atoms with E-state index in [1.165, 1.54) is 5.56 Å². The Bertz CT molecular complexity index is 1080. The summed E-state index contributed by atoms with van der Waals surface area (Å²) in [5, 5.41) is 13.7. The van der Waals surface area contributed by atoms with E-state index in [1.54, 1.807) is 0 Å². The minimum absolute atomic E-state index is 0.124. The van der Waals surface area contributed by atoms with Crippen molar-refractivity contribution in [3.63, 3.8) is 0 Å². The minimum Gasteiger partial charge on any atom is -0.355 e. The first-order chi connectivity index (χ1) is 13.1. The predicted molar refractivity (Wildman–Crippen MR) is 109 cm³/mol. The van der Waals surface area contributed by atoms with Crippen LogP contribution in [-0.4, -0.2) is 16.5 Å². The fraction of sp³-hybridized carbons (Fsp3) is 0.217. The molecular formula is C23H22N2O2. The van der Waals surface area contributed by atoms with E-state index in [0.717, 1.165) is 45.8 Å². The number of rotatable bonds is 5. The highest BCUT2D eigenvalue weighted by Gasteiger charge is 2.26. The van der Waals surface area contributed by atoms with E-state index in [9.17, 15) is 10.1 Å². The Morgan fingerprint density at radius 1 is 1.04 bits per heavy atom. The third-order valence-electron chi connectivity index (χ3n) is 5.20. The minimum atomic E-state index is -0.291. The summed E-state index contributed by atoms with van der Waals surface area (Å²) in [6.07, 6.45) is 6.37. The number of benzene rings is 2. The van der Waals surface area contributed by atoms with Crippen LogP contribution in [0.15, 0.2) is 54.6 Å². The van der Waals surface area contributed by atoms with Crippen LogP contribution in [0, 0.1) is 17.0 Å².